The average molecular weight is 251 g/mol. The number of hydrogen-bond acceptors (Lipinski definition) is 3. The molecule has 1 aliphatic rings. The number of hydrogen-bond donors (Lipinski definition) is 2. The van der Waals surface area contributed by atoms with Gasteiger partial charge < -0.3 is 10.6 Å². The number of rotatable bonds is 4. The SMILES string of the molecule is C=C(N[C@@H]1c2cccn2C(=O)N[C@H]1CC)SC. The van der Waals surface area contributed by atoms with Crippen LogP contribution in [0.15, 0.2) is 29.9 Å². The van der Waals surface area contributed by atoms with Gasteiger partial charge in [-0.3, -0.25) is 4.57 Å². The molecule has 2 rings (SSSR count). The lowest BCUT2D eigenvalue weighted by atomic mass is 10.0. The molecule has 1 aromatic rings. The van der Waals surface area contributed by atoms with Gasteiger partial charge in [0, 0.05) is 6.20 Å². The molecule has 0 unspecified atom stereocenters. The molecule has 0 spiro atoms. The van der Waals surface area contributed by atoms with Crippen molar-refractivity contribution in [1.82, 2.24) is 15.2 Å². The summed E-state index contributed by atoms with van der Waals surface area (Å²) in [6, 6.07) is 4.02. The van der Waals surface area contributed by atoms with Crippen LogP contribution in [0.2, 0.25) is 0 Å². The molecule has 1 aromatic heterocycles. The Morgan fingerprint density at radius 2 is 2.47 bits per heavy atom. The largest absolute Gasteiger partial charge is 0.370 e. The van der Waals surface area contributed by atoms with E-state index in [0.29, 0.717) is 0 Å². The molecule has 0 saturated carbocycles. The smallest absolute Gasteiger partial charge is 0.326 e. The Morgan fingerprint density at radius 3 is 3.12 bits per heavy atom. The first-order valence-electron chi connectivity index (χ1n) is 5.65. The predicted octanol–water partition coefficient (Wildman–Crippen LogP) is 2.30. The lowest BCUT2D eigenvalue weighted by Crippen LogP contribution is -2.50. The van der Waals surface area contributed by atoms with Crippen molar-refractivity contribution >= 4 is 17.8 Å². The van der Waals surface area contributed by atoms with Crippen molar-refractivity contribution in [3.05, 3.63) is 35.6 Å². The molecule has 1 aliphatic heterocycles. The summed E-state index contributed by atoms with van der Waals surface area (Å²) in [5, 5.41) is 7.28. The first-order valence-corrected chi connectivity index (χ1v) is 6.87. The first-order chi connectivity index (χ1) is 8.17. The zero-order valence-corrected chi connectivity index (χ0v) is 10.9. The highest BCUT2D eigenvalue weighted by molar-refractivity contribution is 8.02. The van der Waals surface area contributed by atoms with E-state index in [1.54, 1.807) is 22.5 Å². The van der Waals surface area contributed by atoms with Crippen molar-refractivity contribution in [1.29, 1.82) is 0 Å². The average Bonchev–Trinajstić information content (AvgIpc) is 2.81. The van der Waals surface area contributed by atoms with E-state index in [4.69, 9.17) is 0 Å². The highest BCUT2D eigenvalue weighted by Crippen LogP contribution is 2.26. The number of fused-ring (bicyclic) bond motifs is 1. The standard InChI is InChI=1S/C12H17N3OS/c1-4-9-11(13-8(2)17-3)10-6-5-7-15(10)12(16)14-9/h5-7,9,11,13H,2,4H2,1,3H3,(H,14,16)/t9-,11-/m0/s1. The number of carbonyl (C=O) groups excluding carboxylic acids is 1. The third kappa shape index (κ3) is 2.20. The minimum absolute atomic E-state index is 0.0512. The fourth-order valence-corrected chi connectivity index (χ4v) is 2.34. The molecule has 0 aromatic carbocycles. The van der Waals surface area contributed by atoms with Gasteiger partial charge in [-0.25, -0.2) is 4.79 Å². The second-order valence-electron chi connectivity index (χ2n) is 4.02. The molecule has 0 saturated heterocycles. The fraction of sp³-hybridized carbons (Fsp3) is 0.417. The summed E-state index contributed by atoms with van der Waals surface area (Å²) in [6.45, 7) is 6.01. The quantitative estimate of drug-likeness (QED) is 0.863. The van der Waals surface area contributed by atoms with Crippen LogP contribution in [0.4, 0.5) is 4.79 Å². The molecule has 2 atom stereocenters. The van der Waals surface area contributed by atoms with Gasteiger partial charge in [-0.05, 0) is 24.8 Å². The third-order valence-corrected chi connectivity index (χ3v) is 3.64. The predicted molar refractivity (Wildman–Crippen MR) is 71.0 cm³/mol. The molecule has 4 nitrogen and oxygen atoms in total. The number of nitrogens with one attached hydrogen (secondary N) is 2. The van der Waals surface area contributed by atoms with Crippen molar-refractivity contribution in [3.8, 4) is 0 Å². The van der Waals surface area contributed by atoms with E-state index >= 15 is 0 Å². The van der Waals surface area contributed by atoms with E-state index in [0.717, 1.165) is 17.1 Å². The fourth-order valence-electron chi connectivity index (χ4n) is 2.09. The monoisotopic (exact) mass is 251 g/mol. The number of thioether (sulfide) groups is 1. The minimum atomic E-state index is -0.0512. The maximum atomic E-state index is 11.8. The zero-order chi connectivity index (χ0) is 12.4. The summed E-state index contributed by atoms with van der Waals surface area (Å²) in [6.07, 6.45) is 4.65. The molecule has 0 bridgehead atoms. The van der Waals surface area contributed by atoms with Crippen LogP contribution in [-0.4, -0.2) is 22.9 Å². The second kappa shape index (κ2) is 4.87. The molecule has 2 heterocycles. The van der Waals surface area contributed by atoms with Gasteiger partial charge >= 0.3 is 6.03 Å². The van der Waals surface area contributed by atoms with E-state index in [1.807, 2.05) is 18.4 Å². The zero-order valence-electron chi connectivity index (χ0n) is 10.1. The van der Waals surface area contributed by atoms with E-state index in [-0.39, 0.29) is 18.1 Å². The molecular weight excluding hydrogens is 234 g/mol. The van der Waals surface area contributed by atoms with Crippen LogP contribution in [0.25, 0.3) is 0 Å². The normalized spacial score (nSPS) is 22.8. The Kier molecular flexibility index (Phi) is 3.47. The third-order valence-electron chi connectivity index (χ3n) is 3.03. The lowest BCUT2D eigenvalue weighted by molar-refractivity contribution is 0.225. The van der Waals surface area contributed by atoms with Crippen molar-refractivity contribution in [2.75, 3.05) is 6.26 Å². The van der Waals surface area contributed by atoms with Gasteiger partial charge in [0.1, 0.15) is 0 Å². The summed E-state index contributed by atoms with van der Waals surface area (Å²) in [5.41, 5.74) is 0.996. The Morgan fingerprint density at radius 1 is 1.71 bits per heavy atom. The van der Waals surface area contributed by atoms with Gasteiger partial charge in [0.2, 0.25) is 0 Å². The maximum absolute atomic E-state index is 11.8. The van der Waals surface area contributed by atoms with E-state index in [2.05, 4.69) is 24.1 Å². The summed E-state index contributed by atoms with van der Waals surface area (Å²) in [5.74, 6) is 0. The molecule has 1 amide bonds. The Balaban J connectivity index is 2.31. The maximum Gasteiger partial charge on any atom is 0.326 e. The topological polar surface area (TPSA) is 46.1 Å². The number of carbonyl (C=O) groups is 1. The van der Waals surface area contributed by atoms with Crippen LogP contribution in [0.3, 0.4) is 0 Å². The molecule has 0 radical (unpaired) electrons. The molecule has 5 heteroatoms. The summed E-state index contributed by atoms with van der Waals surface area (Å²) in [4.78, 5) is 11.8. The van der Waals surface area contributed by atoms with Crippen molar-refractivity contribution in [2.24, 2.45) is 0 Å². The van der Waals surface area contributed by atoms with Crippen LogP contribution >= 0.6 is 11.8 Å². The minimum Gasteiger partial charge on any atom is -0.370 e. The van der Waals surface area contributed by atoms with Crippen LogP contribution in [0.1, 0.15) is 25.1 Å². The van der Waals surface area contributed by atoms with Gasteiger partial charge in [0.05, 0.1) is 22.8 Å². The summed E-state index contributed by atoms with van der Waals surface area (Å²) in [7, 11) is 0. The van der Waals surface area contributed by atoms with Crippen LogP contribution < -0.4 is 10.6 Å². The summed E-state index contributed by atoms with van der Waals surface area (Å²) >= 11 is 1.58. The molecule has 2 N–H and O–H groups in total. The van der Waals surface area contributed by atoms with E-state index in [9.17, 15) is 4.79 Å². The number of aromatic nitrogens is 1. The molecule has 0 fully saturated rings. The molecule has 92 valence electrons. The van der Waals surface area contributed by atoms with Crippen molar-refractivity contribution < 1.29 is 4.79 Å². The van der Waals surface area contributed by atoms with Gasteiger partial charge in [-0.15, -0.1) is 11.8 Å². The van der Waals surface area contributed by atoms with Gasteiger partial charge in [0.15, 0.2) is 0 Å². The molecule has 17 heavy (non-hydrogen) atoms. The molecular formula is C12H17N3OS. The van der Waals surface area contributed by atoms with E-state index in [1.165, 1.54) is 0 Å². The Bertz CT molecular complexity index is 441. The highest BCUT2D eigenvalue weighted by Gasteiger charge is 2.32. The lowest BCUT2D eigenvalue weighted by Gasteiger charge is -2.34. The Labute approximate surface area is 105 Å². The summed E-state index contributed by atoms with van der Waals surface area (Å²) < 4.78 is 1.65. The highest BCUT2D eigenvalue weighted by atomic mass is 32.2. The molecule has 0 aliphatic carbocycles. The van der Waals surface area contributed by atoms with E-state index < -0.39 is 0 Å². The van der Waals surface area contributed by atoms with Crippen LogP contribution in [0, 0.1) is 0 Å². The van der Waals surface area contributed by atoms with Crippen LogP contribution in [0.5, 0.6) is 0 Å². The second-order valence-corrected chi connectivity index (χ2v) is 4.92. The van der Waals surface area contributed by atoms with Crippen molar-refractivity contribution in [3.63, 3.8) is 0 Å². The van der Waals surface area contributed by atoms with Gasteiger partial charge in [-0.1, -0.05) is 13.5 Å². The van der Waals surface area contributed by atoms with Crippen LogP contribution in [-0.2, 0) is 0 Å². The van der Waals surface area contributed by atoms with Crippen molar-refractivity contribution in [2.45, 2.75) is 25.4 Å². The number of nitrogens with zero attached hydrogens (tertiary/aromatic N) is 1. The van der Waals surface area contributed by atoms with Gasteiger partial charge in [0.25, 0.3) is 0 Å². The van der Waals surface area contributed by atoms with Gasteiger partial charge in [-0.2, -0.15) is 0 Å². The Hall–Kier alpha value is -1.36. The first kappa shape index (κ1) is 12.1. The number of amides is 1.